The van der Waals surface area contributed by atoms with Gasteiger partial charge in [-0.1, -0.05) is 23.7 Å². The summed E-state index contributed by atoms with van der Waals surface area (Å²) in [5.74, 6) is -1.48. The lowest BCUT2D eigenvalue weighted by Crippen LogP contribution is -2.54. The summed E-state index contributed by atoms with van der Waals surface area (Å²) in [6, 6.07) is 8.38. The standard InChI is InChI=1S/C21H17ClN2O5/c1-3-5-13-8-12(10-17(29-2)18(13)25)9-16-19(26)23-21(28)24(20(16)27)15-7-4-6-14(22)11-15/h3-4,6-11,25H,1,5H2,2H3,(H,23,26,28)/b16-9-. The fourth-order valence-corrected chi connectivity index (χ4v) is 3.10. The van der Waals surface area contributed by atoms with Crippen LogP contribution in [0, 0.1) is 0 Å². The molecular formula is C21H17ClN2O5. The average Bonchev–Trinajstić information content (AvgIpc) is 2.67. The molecule has 2 N–H and O–H groups in total. The molecule has 2 aromatic carbocycles. The van der Waals surface area contributed by atoms with Crippen LogP contribution in [-0.2, 0) is 16.0 Å². The number of imide groups is 2. The smallest absolute Gasteiger partial charge is 0.335 e. The Morgan fingerprint density at radius 3 is 2.66 bits per heavy atom. The van der Waals surface area contributed by atoms with Gasteiger partial charge in [-0.05, 0) is 48.4 Å². The van der Waals surface area contributed by atoms with Crippen molar-refractivity contribution < 1.29 is 24.2 Å². The third-order valence-corrected chi connectivity index (χ3v) is 4.47. The Morgan fingerprint density at radius 1 is 1.24 bits per heavy atom. The Balaban J connectivity index is 2.07. The number of allylic oxidation sites excluding steroid dienone is 1. The van der Waals surface area contributed by atoms with Gasteiger partial charge in [0.1, 0.15) is 5.57 Å². The van der Waals surface area contributed by atoms with Crippen LogP contribution >= 0.6 is 11.6 Å². The number of halogens is 1. The first-order valence-electron chi connectivity index (χ1n) is 8.53. The van der Waals surface area contributed by atoms with Crippen LogP contribution in [0.4, 0.5) is 10.5 Å². The van der Waals surface area contributed by atoms with E-state index in [2.05, 4.69) is 11.9 Å². The van der Waals surface area contributed by atoms with E-state index in [9.17, 15) is 19.5 Å². The lowest BCUT2D eigenvalue weighted by molar-refractivity contribution is -0.122. The van der Waals surface area contributed by atoms with Crippen LogP contribution in [0.15, 0.2) is 54.6 Å². The number of rotatable bonds is 5. The molecule has 1 aliphatic heterocycles. The molecule has 0 aliphatic carbocycles. The highest BCUT2D eigenvalue weighted by Gasteiger charge is 2.36. The van der Waals surface area contributed by atoms with Gasteiger partial charge in [0.15, 0.2) is 11.5 Å². The Morgan fingerprint density at radius 2 is 2.00 bits per heavy atom. The molecule has 29 heavy (non-hydrogen) atoms. The van der Waals surface area contributed by atoms with E-state index in [4.69, 9.17) is 16.3 Å². The predicted octanol–water partition coefficient (Wildman–Crippen LogP) is 3.45. The van der Waals surface area contributed by atoms with Crippen molar-refractivity contribution in [1.29, 1.82) is 0 Å². The molecule has 4 amide bonds. The van der Waals surface area contributed by atoms with Crippen LogP contribution in [0.1, 0.15) is 11.1 Å². The zero-order valence-electron chi connectivity index (χ0n) is 15.4. The molecule has 1 aliphatic rings. The molecule has 0 atom stereocenters. The van der Waals surface area contributed by atoms with Crippen molar-refractivity contribution in [1.82, 2.24) is 5.32 Å². The minimum atomic E-state index is -0.866. The van der Waals surface area contributed by atoms with Gasteiger partial charge in [0.2, 0.25) is 0 Å². The molecule has 7 nitrogen and oxygen atoms in total. The second-order valence-electron chi connectivity index (χ2n) is 6.16. The van der Waals surface area contributed by atoms with Gasteiger partial charge in [-0.25, -0.2) is 9.69 Å². The number of anilines is 1. The molecule has 0 aromatic heterocycles. The van der Waals surface area contributed by atoms with E-state index in [1.807, 2.05) is 0 Å². The number of carbonyl (C=O) groups excluding carboxylic acids is 3. The quantitative estimate of drug-likeness (QED) is 0.445. The number of amides is 4. The number of phenols is 1. The Labute approximate surface area is 171 Å². The Bertz CT molecular complexity index is 1060. The van der Waals surface area contributed by atoms with Gasteiger partial charge in [0.05, 0.1) is 12.8 Å². The summed E-state index contributed by atoms with van der Waals surface area (Å²) in [5, 5.41) is 12.7. The molecule has 3 rings (SSSR count). The van der Waals surface area contributed by atoms with E-state index >= 15 is 0 Å². The number of carbonyl (C=O) groups is 3. The topological polar surface area (TPSA) is 95.9 Å². The molecule has 0 spiro atoms. The second kappa shape index (κ2) is 8.20. The fourth-order valence-electron chi connectivity index (χ4n) is 2.91. The molecule has 0 bridgehead atoms. The Kier molecular flexibility index (Phi) is 5.70. The number of hydrogen-bond acceptors (Lipinski definition) is 5. The van der Waals surface area contributed by atoms with Gasteiger partial charge >= 0.3 is 6.03 Å². The number of methoxy groups -OCH3 is 1. The van der Waals surface area contributed by atoms with Crippen molar-refractivity contribution in [3.8, 4) is 11.5 Å². The largest absolute Gasteiger partial charge is 0.504 e. The van der Waals surface area contributed by atoms with E-state index in [-0.39, 0.29) is 22.8 Å². The first-order valence-corrected chi connectivity index (χ1v) is 8.91. The van der Waals surface area contributed by atoms with Gasteiger partial charge < -0.3 is 9.84 Å². The molecule has 2 aromatic rings. The molecular weight excluding hydrogens is 396 g/mol. The maximum absolute atomic E-state index is 12.9. The van der Waals surface area contributed by atoms with Crippen LogP contribution in [0.2, 0.25) is 5.02 Å². The fraction of sp³-hybridized carbons (Fsp3) is 0.0952. The van der Waals surface area contributed by atoms with Gasteiger partial charge in [0, 0.05) is 10.6 Å². The SMILES string of the molecule is C=CCc1cc(/C=C2/C(=O)NC(=O)N(c3cccc(Cl)c3)C2=O)cc(OC)c1O. The van der Waals surface area contributed by atoms with Crippen molar-refractivity contribution in [2.24, 2.45) is 0 Å². The molecule has 0 saturated carbocycles. The number of phenolic OH excluding ortho intramolecular Hbond substituents is 1. The molecule has 0 unspecified atom stereocenters. The van der Waals surface area contributed by atoms with E-state index in [0.29, 0.717) is 22.6 Å². The summed E-state index contributed by atoms with van der Waals surface area (Å²) < 4.78 is 5.16. The first-order chi connectivity index (χ1) is 13.8. The molecule has 148 valence electrons. The van der Waals surface area contributed by atoms with Gasteiger partial charge in [-0.15, -0.1) is 6.58 Å². The minimum Gasteiger partial charge on any atom is -0.504 e. The number of ether oxygens (including phenoxy) is 1. The Hall–Kier alpha value is -3.58. The number of nitrogens with zero attached hydrogens (tertiary/aromatic N) is 1. The van der Waals surface area contributed by atoms with Gasteiger partial charge in [0.25, 0.3) is 11.8 Å². The summed E-state index contributed by atoms with van der Waals surface area (Å²) >= 11 is 5.95. The van der Waals surface area contributed by atoms with Crippen LogP contribution < -0.4 is 15.0 Å². The number of barbiturate groups is 1. The summed E-state index contributed by atoms with van der Waals surface area (Å²) in [7, 11) is 1.39. The molecule has 1 saturated heterocycles. The van der Waals surface area contributed by atoms with Crippen LogP contribution in [-0.4, -0.2) is 30.1 Å². The number of nitrogens with one attached hydrogen (secondary N) is 1. The van der Waals surface area contributed by atoms with Crippen molar-refractivity contribution in [3.63, 3.8) is 0 Å². The van der Waals surface area contributed by atoms with Crippen molar-refractivity contribution in [2.75, 3.05) is 12.0 Å². The second-order valence-corrected chi connectivity index (χ2v) is 6.60. The summed E-state index contributed by atoms with van der Waals surface area (Å²) in [5.41, 5.74) is 0.934. The summed E-state index contributed by atoms with van der Waals surface area (Å²) in [6.45, 7) is 3.64. The van der Waals surface area contributed by atoms with Crippen molar-refractivity contribution in [2.45, 2.75) is 6.42 Å². The monoisotopic (exact) mass is 412 g/mol. The van der Waals surface area contributed by atoms with Crippen molar-refractivity contribution in [3.05, 3.63) is 70.8 Å². The summed E-state index contributed by atoms with van der Waals surface area (Å²) in [4.78, 5) is 38.3. The molecule has 8 heteroatoms. The average molecular weight is 413 g/mol. The number of urea groups is 1. The third kappa shape index (κ3) is 4.00. The first kappa shape index (κ1) is 20.2. The van der Waals surface area contributed by atoms with E-state index < -0.39 is 17.8 Å². The zero-order chi connectivity index (χ0) is 21.1. The summed E-state index contributed by atoms with van der Waals surface area (Å²) in [6.07, 6.45) is 3.28. The lowest BCUT2D eigenvalue weighted by Gasteiger charge is -2.26. The maximum Gasteiger partial charge on any atom is 0.335 e. The van der Waals surface area contributed by atoms with E-state index in [0.717, 1.165) is 4.90 Å². The number of aromatic hydroxyl groups is 1. The predicted molar refractivity (Wildman–Crippen MR) is 109 cm³/mol. The zero-order valence-corrected chi connectivity index (χ0v) is 16.2. The van der Waals surface area contributed by atoms with Crippen molar-refractivity contribution >= 4 is 41.2 Å². The third-order valence-electron chi connectivity index (χ3n) is 4.24. The highest BCUT2D eigenvalue weighted by atomic mass is 35.5. The minimum absolute atomic E-state index is 0.0512. The van der Waals surface area contributed by atoms with E-state index in [1.165, 1.54) is 31.4 Å². The lowest BCUT2D eigenvalue weighted by atomic mass is 10.0. The molecule has 0 radical (unpaired) electrons. The van der Waals surface area contributed by atoms with E-state index in [1.54, 1.807) is 24.3 Å². The maximum atomic E-state index is 12.9. The normalized spacial score (nSPS) is 15.4. The number of benzene rings is 2. The number of hydrogen-bond donors (Lipinski definition) is 2. The highest BCUT2D eigenvalue weighted by Crippen LogP contribution is 2.33. The van der Waals surface area contributed by atoms with Crippen LogP contribution in [0.3, 0.4) is 0 Å². The highest BCUT2D eigenvalue weighted by molar-refractivity contribution is 6.39. The van der Waals surface area contributed by atoms with Gasteiger partial charge in [-0.2, -0.15) is 0 Å². The van der Waals surface area contributed by atoms with Crippen LogP contribution in [0.25, 0.3) is 6.08 Å². The van der Waals surface area contributed by atoms with Crippen LogP contribution in [0.5, 0.6) is 11.5 Å². The molecule has 1 heterocycles. The molecule has 1 fully saturated rings. The van der Waals surface area contributed by atoms with Gasteiger partial charge in [-0.3, -0.25) is 14.9 Å².